The molecule has 3 N–H and O–H groups in total. The van der Waals surface area contributed by atoms with E-state index in [-0.39, 0.29) is 36.0 Å². The van der Waals surface area contributed by atoms with E-state index in [1.807, 2.05) is 0 Å². The number of anilines is 1. The van der Waals surface area contributed by atoms with Crippen molar-refractivity contribution < 1.29 is 29.7 Å². The molecule has 1 heterocycles. The van der Waals surface area contributed by atoms with Gasteiger partial charge in [-0.25, -0.2) is 9.59 Å². The predicted molar refractivity (Wildman–Crippen MR) is 67.9 cm³/mol. The maximum atomic E-state index is 11.8. The number of aromatic carboxylic acids is 2. The highest BCUT2D eigenvalue weighted by Crippen LogP contribution is 2.27. The molecule has 1 atom stereocenters. The lowest BCUT2D eigenvalue weighted by atomic mass is 10.1. The van der Waals surface area contributed by atoms with E-state index < -0.39 is 11.9 Å². The fraction of sp³-hybridized carbons (Fsp3) is 0.308. The number of aliphatic hydroxyl groups excluding tert-OH is 1. The summed E-state index contributed by atoms with van der Waals surface area (Å²) < 4.78 is 0. The minimum absolute atomic E-state index is 0.124. The number of aliphatic hydroxyl groups is 1. The number of amides is 1. The van der Waals surface area contributed by atoms with Crippen molar-refractivity contribution in [2.45, 2.75) is 6.42 Å². The van der Waals surface area contributed by atoms with Crippen LogP contribution >= 0.6 is 0 Å². The molecule has 0 aliphatic carbocycles. The van der Waals surface area contributed by atoms with Gasteiger partial charge in [-0.3, -0.25) is 4.79 Å². The van der Waals surface area contributed by atoms with E-state index in [9.17, 15) is 14.4 Å². The monoisotopic (exact) mass is 279 g/mol. The van der Waals surface area contributed by atoms with Crippen LogP contribution in [-0.2, 0) is 4.79 Å². The van der Waals surface area contributed by atoms with Gasteiger partial charge in [0.1, 0.15) is 0 Å². The van der Waals surface area contributed by atoms with Crippen LogP contribution in [-0.4, -0.2) is 46.3 Å². The summed E-state index contributed by atoms with van der Waals surface area (Å²) >= 11 is 0. The molecular formula is C13H13NO6. The molecule has 106 valence electrons. The molecular weight excluding hydrogens is 266 g/mol. The molecule has 1 unspecified atom stereocenters. The highest BCUT2D eigenvalue weighted by Gasteiger charge is 2.31. The number of hydrogen-bond donors (Lipinski definition) is 3. The molecule has 20 heavy (non-hydrogen) atoms. The second kappa shape index (κ2) is 5.30. The van der Waals surface area contributed by atoms with Crippen molar-refractivity contribution in [3.63, 3.8) is 0 Å². The Morgan fingerprint density at radius 2 is 1.85 bits per heavy atom. The third kappa shape index (κ3) is 2.48. The Balaban J connectivity index is 2.39. The summed E-state index contributed by atoms with van der Waals surface area (Å²) in [5, 5.41) is 27.0. The summed E-state index contributed by atoms with van der Waals surface area (Å²) in [6, 6.07) is 3.73. The Kier molecular flexibility index (Phi) is 3.71. The summed E-state index contributed by atoms with van der Waals surface area (Å²) in [5.41, 5.74) is -0.366. The Labute approximate surface area is 114 Å². The first-order valence-corrected chi connectivity index (χ1v) is 5.96. The number of hydrogen-bond acceptors (Lipinski definition) is 4. The van der Waals surface area contributed by atoms with Gasteiger partial charge in [0.15, 0.2) is 0 Å². The van der Waals surface area contributed by atoms with Crippen LogP contribution in [0, 0.1) is 5.92 Å². The SMILES string of the molecule is O=C(O)c1ccc(N2CC(CO)CC2=O)cc1C(=O)O. The molecule has 1 aliphatic rings. The molecule has 7 nitrogen and oxygen atoms in total. The van der Waals surface area contributed by atoms with Gasteiger partial charge in [0, 0.05) is 31.2 Å². The van der Waals surface area contributed by atoms with E-state index in [0.717, 1.165) is 0 Å². The van der Waals surface area contributed by atoms with E-state index in [0.29, 0.717) is 12.2 Å². The number of rotatable bonds is 4. The quantitative estimate of drug-likeness (QED) is 0.736. The Morgan fingerprint density at radius 3 is 2.35 bits per heavy atom. The van der Waals surface area contributed by atoms with Crippen molar-refractivity contribution in [3.05, 3.63) is 29.3 Å². The van der Waals surface area contributed by atoms with Gasteiger partial charge in [0.05, 0.1) is 11.1 Å². The van der Waals surface area contributed by atoms with Crippen molar-refractivity contribution in [2.75, 3.05) is 18.1 Å². The Morgan fingerprint density at radius 1 is 1.20 bits per heavy atom. The van der Waals surface area contributed by atoms with Gasteiger partial charge < -0.3 is 20.2 Å². The number of nitrogens with zero attached hydrogens (tertiary/aromatic N) is 1. The van der Waals surface area contributed by atoms with Gasteiger partial charge in [-0.1, -0.05) is 0 Å². The molecule has 1 amide bonds. The van der Waals surface area contributed by atoms with Crippen molar-refractivity contribution in [2.24, 2.45) is 5.92 Å². The molecule has 0 saturated carbocycles. The van der Waals surface area contributed by atoms with Crippen LogP contribution in [0.3, 0.4) is 0 Å². The standard InChI is InChI=1S/C13H13NO6/c15-6-7-3-11(16)14(5-7)8-1-2-9(12(17)18)10(4-8)13(19)20/h1-2,4,7,15H,3,5-6H2,(H,17,18)(H,19,20). The van der Waals surface area contributed by atoms with Crippen LogP contribution in [0.5, 0.6) is 0 Å². The average molecular weight is 279 g/mol. The lowest BCUT2D eigenvalue weighted by Gasteiger charge is -2.17. The summed E-state index contributed by atoms with van der Waals surface area (Å²) in [6.45, 7) is 0.169. The summed E-state index contributed by atoms with van der Waals surface area (Å²) in [6.07, 6.45) is 0.194. The highest BCUT2D eigenvalue weighted by atomic mass is 16.4. The zero-order chi connectivity index (χ0) is 14.9. The van der Waals surface area contributed by atoms with Gasteiger partial charge in [0.2, 0.25) is 5.91 Å². The Hall–Kier alpha value is -2.41. The molecule has 2 rings (SSSR count). The normalized spacial score (nSPS) is 18.4. The van der Waals surface area contributed by atoms with Gasteiger partial charge in [0.25, 0.3) is 0 Å². The molecule has 0 bridgehead atoms. The molecule has 1 aromatic carbocycles. The van der Waals surface area contributed by atoms with E-state index in [2.05, 4.69) is 0 Å². The minimum Gasteiger partial charge on any atom is -0.478 e. The fourth-order valence-corrected chi connectivity index (χ4v) is 2.22. The predicted octanol–water partition coefficient (Wildman–Crippen LogP) is 0.428. The number of carbonyl (C=O) groups is 3. The lowest BCUT2D eigenvalue weighted by Crippen LogP contribution is -2.25. The molecule has 7 heteroatoms. The number of carbonyl (C=O) groups excluding carboxylic acids is 1. The van der Waals surface area contributed by atoms with Crippen LogP contribution in [0.1, 0.15) is 27.1 Å². The second-order valence-corrected chi connectivity index (χ2v) is 4.60. The first-order valence-electron chi connectivity index (χ1n) is 5.96. The van der Waals surface area contributed by atoms with Gasteiger partial charge in [-0.15, -0.1) is 0 Å². The smallest absolute Gasteiger partial charge is 0.336 e. The van der Waals surface area contributed by atoms with Crippen LogP contribution in [0.2, 0.25) is 0 Å². The highest BCUT2D eigenvalue weighted by molar-refractivity contribution is 6.04. The summed E-state index contributed by atoms with van der Waals surface area (Å²) in [7, 11) is 0. The van der Waals surface area contributed by atoms with E-state index >= 15 is 0 Å². The molecule has 1 aliphatic heterocycles. The van der Waals surface area contributed by atoms with E-state index in [1.165, 1.54) is 23.1 Å². The van der Waals surface area contributed by atoms with Crippen molar-refractivity contribution >= 4 is 23.5 Å². The molecule has 0 radical (unpaired) electrons. The first kappa shape index (κ1) is 14.0. The molecule has 1 aromatic rings. The summed E-state index contributed by atoms with van der Waals surface area (Å²) in [5.74, 6) is -3.11. The second-order valence-electron chi connectivity index (χ2n) is 4.60. The minimum atomic E-state index is -1.37. The third-order valence-electron chi connectivity index (χ3n) is 3.24. The van der Waals surface area contributed by atoms with E-state index in [4.69, 9.17) is 15.3 Å². The molecule has 0 spiro atoms. The lowest BCUT2D eigenvalue weighted by molar-refractivity contribution is -0.117. The van der Waals surface area contributed by atoms with Gasteiger partial charge in [-0.2, -0.15) is 0 Å². The van der Waals surface area contributed by atoms with Crippen molar-refractivity contribution in [3.8, 4) is 0 Å². The van der Waals surface area contributed by atoms with Crippen LogP contribution in [0.4, 0.5) is 5.69 Å². The van der Waals surface area contributed by atoms with Crippen LogP contribution in [0.25, 0.3) is 0 Å². The van der Waals surface area contributed by atoms with Crippen LogP contribution < -0.4 is 4.90 Å². The fourth-order valence-electron chi connectivity index (χ4n) is 2.22. The zero-order valence-corrected chi connectivity index (χ0v) is 10.4. The molecule has 1 saturated heterocycles. The van der Waals surface area contributed by atoms with Crippen molar-refractivity contribution in [1.29, 1.82) is 0 Å². The zero-order valence-electron chi connectivity index (χ0n) is 10.4. The topological polar surface area (TPSA) is 115 Å². The number of carboxylic acids is 2. The first-order chi connectivity index (χ1) is 9.43. The number of benzene rings is 1. The van der Waals surface area contributed by atoms with Gasteiger partial charge in [-0.05, 0) is 18.2 Å². The average Bonchev–Trinajstić information content (AvgIpc) is 2.79. The maximum absolute atomic E-state index is 11.8. The van der Waals surface area contributed by atoms with E-state index in [1.54, 1.807) is 0 Å². The third-order valence-corrected chi connectivity index (χ3v) is 3.24. The van der Waals surface area contributed by atoms with Crippen molar-refractivity contribution in [1.82, 2.24) is 0 Å². The molecule has 1 fully saturated rings. The maximum Gasteiger partial charge on any atom is 0.336 e. The molecule has 0 aromatic heterocycles. The summed E-state index contributed by atoms with van der Waals surface area (Å²) in [4.78, 5) is 35.2. The van der Waals surface area contributed by atoms with Crippen LogP contribution in [0.15, 0.2) is 18.2 Å². The number of carboxylic acid groups (broad SMARTS) is 2. The largest absolute Gasteiger partial charge is 0.478 e. The Bertz CT molecular complexity index is 582. The van der Waals surface area contributed by atoms with Gasteiger partial charge >= 0.3 is 11.9 Å².